The first-order chi connectivity index (χ1) is 13.3. The van der Waals surface area contributed by atoms with Gasteiger partial charge in [-0.25, -0.2) is 0 Å². The maximum absolute atomic E-state index is 15.0. The first-order valence-electron chi connectivity index (χ1n) is 8.44. The van der Waals surface area contributed by atoms with Crippen LogP contribution in [0.4, 0.5) is 26.3 Å². The van der Waals surface area contributed by atoms with E-state index in [0.717, 1.165) is 33.8 Å². The van der Waals surface area contributed by atoms with Gasteiger partial charge >= 0.3 is 17.8 Å². The quantitative estimate of drug-likeness (QED) is 0.173. The monoisotopic (exact) mass is 676 g/mol. The van der Waals surface area contributed by atoms with Gasteiger partial charge in [0.25, 0.3) is 0 Å². The first kappa shape index (κ1) is 23.8. The van der Waals surface area contributed by atoms with Gasteiger partial charge in [0.1, 0.15) is 0 Å². The van der Waals surface area contributed by atoms with Gasteiger partial charge in [-0.05, 0) is 49.9 Å². The van der Waals surface area contributed by atoms with Crippen molar-refractivity contribution in [2.24, 2.45) is 0 Å². The zero-order chi connectivity index (χ0) is 22.1. The average Bonchev–Trinajstić information content (AvgIpc) is 3.09. The molecule has 160 valence electrons. The number of thiophene rings is 2. The van der Waals surface area contributed by atoms with E-state index in [9.17, 15) is 26.3 Å². The standard InChI is InChI=1S/C19H16F6I2S2/c1-7-11(5-26)9(3)28-15(7)13-14(16-8(2)12(6-27)10(4)29-16)18(22,23)19(24,25)17(13,20)21/h5-6H2,1-4H3. The lowest BCUT2D eigenvalue weighted by Gasteiger charge is -2.25. The van der Waals surface area contributed by atoms with E-state index in [2.05, 4.69) is 0 Å². The highest BCUT2D eigenvalue weighted by atomic mass is 127. The summed E-state index contributed by atoms with van der Waals surface area (Å²) in [6.07, 6.45) is 0. The molecule has 2 heterocycles. The lowest BCUT2D eigenvalue weighted by atomic mass is 9.98. The van der Waals surface area contributed by atoms with Crippen LogP contribution in [0.3, 0.4) is 0 Å². The SMILES string of the molecule is Cc1sc(C2=C(c3sc(C)c(CI)c3C)C(F)(F)C(F)(F)C2(F)F)c(C)c1CI. The Kier molecular flexibility index (Phi) is 6.28. The highest BCUT2D eigenvalue weighted by Gasteiger charge is 2.80. The maximum Gasteiger partial charge on any atom is 0.380 e. The summed E-state index contributed by atoms with van der Waals surface area (Å²) >= 11 is 5.86. The summed E-state index contributed by atoms with van der Waals surface area (Å²) in [4.78, 5) is 0.986. The number of allylic oxidation sites excluding steroid dienone is 2. The van der Waals surface area contributed by atoms with Crippen molar-refractivity contribution in [3.8, 4) is 0 Å². The van der Waals surface area contributed by atoms with E-state index in [1.165, 1.54) is 13.8 Å². The molecule has 2 aromatic heterocycles. The molecule has 0 saturated carbocycles. The Morgan fingerprint density at radius 2 is 0.966 bits per heavy atom. The van der Waals surface area contributed by atoms with Crippen LogP contribution in [-0.2, 0) is 8.86 Å². The van der Waals surface area contributed by atoms with Gasteiger partial charge < -0.3 is 0 Å². The molecule has 0 aromatic carbocycles. The molecular formula is C19H16F6I2S2. The minimum absolute atomic E-state index is 0.174. The fourth-order valence-electron chi connectivity index (χ4n) is 3.59. The van der Waals surface area contributed by atoms with Crippen LogP contribution in [0.5, 0.6) is 0 Å². The van der Waals surface area contributed by atoms with E-state index >= 15 is 0 Å². The first-order valence-corrected chi connectivity index (χ1v) is 13.1. The van der Waals surface area contributed by atoms with E-state index in [1.54, 1.807) is 13.8 Å². The number of hydrogen-bond donors (Lipinski definition) is 0. The van der Waals surface area contributed by atoms with Crippen LogP contribution in [0.25, 0.3) is 11.1 Å². The molecule has 0 N–H and O–H groups in total. The van der Waals surface area contributed by atoms with E-state index in [-0.39, 0.29) is 9.75 Å². The summed E-state index contributed by atoms with van der Waals surface area (Å²) in [5, 5.41) is 0. The highest BCUT2D eigenvalue weighted by Crippen LogP contribution is 2.66. The van der Waals surface area contributed by atoms with Gasteiger partial charge in [0.2, 0.25) is 0 Å². The summed E-state index contributed by atoms with van der Waals surface area (Å²) in [7, 11) is 0. The molecule has 2 aromatic rings. The number of hydrogen-bond acceptors (Lipinski definition) is 2. The van der Waals surface area contributed by atoms with Crippen LogP contribution < -0.4 is 0 Å². The Morgan fingerprint density at radius 3 is 1.21 bits per heavy atom. The van der Waals surface area contributed by atoms with Crippen molar-refractivity contribution in [2.45, 2.75) is 54.3 Å². The molecule has 0 atom stereocenters. The number of rotatable bonds is 4. The lowest BCUT2D eigenvalue weighted by molar-refractivity contribution is -0.254. The summed E-state index contributed by atoms with van der Waals surface area (Å²) in [6, 6.07) is 0. The van der Waals surface area contributed by atoms with Gasteiger partial charge in [-0.1, -0.05) is 45.2 Å². The number of alkyl halides is 8. The smallest absolute Gasteiger partial charge is 0.194 e. The lowest BCUT2D eigenvalue weighted by Crippen LogP contribution is -2.48. The van der Waals surface area contributed by atoms with Crippen molar-refractivity contribution in [1.82, 2.24) is 0 Å². The summed E-state index contributed by atoms with van der Waals surface area (Å²) < 4.78 is 89.8. The molecular weight excluding hydrogens is 660 g/mol. The van der Waals surface area contributed by atoms with Gasteiger partial charge in [-0.15, -0.1) is 22.7 Å². The van der Waals surface area contributed by atoms with E-state index in [1.807, 2.05) is 45.2 Å². The zero-order valence-corrected chi connectivity index (χ0v) is 21.7. The maximum atomic E-state index is 15.0. The predicted molar refractivity (Wildman–Crippen MR) is 125 cm³/mol. The van der Waals surface area contributed by atoms with Crippen molar-refractivity contribution >= 4 is 79.0 Å². The van der Waals surface area contributed by atoms with E-state index < -0.39 is 28.9 Å². The van der Waals surface area contributed by atoms with Crippen LogP contribution in [0, 0.1) is 27.7 Å². The normalized spacial score (nSPS) is 20.0. The third-order valence-corrected chi connectivity index (χ3v) is 9.39. The fourth-order valence-corrected chi connectivity index (χ4v) is 8.92. The van der Waals surface area contributed by atoms with Crippen LogP contribution in [0.2, 0.25) is 0 Å². The Hall–Kier alpha value is 0.180. The molecule has 1 aliphatic carbocycles. The summed E-state index contributed by atoms with van der Waals surface area (Å²) in [6.45, 7) is 6.44. The second-order valence-corrected chi connectivity index (χ2v) is 10.9. The average molecular weight is 676 g/mol. The van der Waals surface area contributed by atoms with Gasteiger partial charge in [-0.2, -0.15) is 26.3 Å². The minimum Gasteiger partial charge on any atom is -0.194 e. The zero-order valence-electron chi connectivity index (χ0n) is 15.8. The van der Waals surface area contributed by atoms with Crippen molar-refractivity contribution < 1.29 is 26.3 Å². The van der Waals surface area contributed by atoms with Crippen molar-refractivity contribution in [2.75, 3.05) is 0 Å². The third kappa shape index (κ3) is 3.16. The summed E-state index contributed by atoms with van der Waals surface area (Å²) in [5.74, 6) is -15.5. The van der Waals surface area contributed by atoms with Crippen LogP contribution in [-0.4, -0.2) is 17.8 Å². The molecule has 0 nitrogen and oxygen atoms in total. The molecule has 0 spiro atoms. The van der Waals surface area contributed by atoms with Crippen LogP contribution in [0.15, 0.2) is 0 Å². The van der Waals surface area contributed by atoms with Crippen molar-refractivity contribution in [1.29, 1.82) is 0 Å². The molecule has 29 heavy (non-hydrogen) atoms. The van der Waals surface area contributed by atoms with E-state index in [4.69, 9.17) is 0 Å². The topological polar surface area (TPSA) is 0 Å². The Balaban J connectivity index is 2.49. The van der Waals surface area contributed by atoms with Gasteiger partial charge in [0, 0.05) is 28.4 Å². The fraction of sp³-hybridized carbons (Fsp3) is 0.474. The van der Waals surface area contributed by atoms with Gasteiger partial charge in [0.15, 0.2) is 0 Å². The molecule has 0 amide bonds. The highest BCUT2D eigenvalue weighted by molar-refractivity contribution is 14.1. The number of aryl methyl sites for hydroxylation is 2. The molecule has 0 radical (unpaired) electrons. The molecule has 0 fully saturated rings. The van der Waals surface area contributed by atoms with Crippen molar-refractivity contribution in [3.63, 3.8) is 0 Å². The molecule has 0 bridgehead atoms. The number of halogens is 8. The molecule has 0 unspecified atom stereocenters. The Labute approximate surface area is 200 Å². The van der Waals surface area contributed by atoms with Crippen LogP contribution >= 0.6 is 67.9 Å². The second-order valence-electron chi connectivity index (χ2n) is 6.92. The summed E-state index contributed by atoms with van der Waals surface area (Å²) in [5.41, 5.74) is -0.278. The second kappa shape index (κ2) is 7.65. The molecule has 10 heteroatoms. The molecule has 3 rings (SSSR count). The van der Waals surface area contributed by atoms with Crippen molar-refractivity contribution in [3.05, 3.63) is 41.8 Å². The van der Waals surface area contributed by atoms with E-state index in [0.29, 0.717) is 29.7 Å². The minimum atomic E-state index is -5.51. The Bertz CT molecular complexity index is 938. The predicted octanol–water partition coefficient (Wildman–Crippen LogP) is 8.74. The Morgan fingerprint density at radius 1 is 0.655 bits per heavy atom. The largest absolute Gasteiger partial charge is 0.380 e. The third-order valence-electron chi connectivity index (χ3n) is 5.33. The van der Waals surface area contributed by atoms with Crippen LogP contribution in [0.1, 0.15) is 41.8 Å². The molecule has 0 saturated heterocycles. The van der Waals surface area contributed by atoms with Gasteiger partial charge in [-0.3, -0.25) is 0 Å². The van der Waals surface area contributed by atoms with Gasteiger partial charge in [0.05, 0.1) is 11.1 Å². The molecule has 1 aliphatic rings. The molecule has 0 aliphatic heterocycles.